The molecule has 1 rings (SSSR count). The smallest absolute Gasteiger partial charge is 0.351 e. The Morgan fingerprint density at radius 3 is 1.88 bits per heavy atom. The van der Waals surface area contributed by atoms with Gasteiger partial charge in [-0.25, -0.2) is 4.79 Å². The minimum absolute atomic E-state index is 0.990. The molecular weight excluding hydrogens is 222 g/mol. The number of quaternary nitrogens is 1. The highest BCUT2D eigenvalue weighted by Gasteiger charge is 2.06. The Labute approximate surface area is 101 Å². The molecule has 0 aliphatic rings. The van der Waals surface area contributed by atoms with Crippen LogP contribution in [0.5, 0.6) is 0 Å². The Morgan fingerprint density at radius 2 is 1.59 bits per heavy atom. The van der Waals surface area contributed by atoms with Gasteiger partial charge < -0.3 is 19.5 Å². The topological polar surface area (TPSA) is 77.4 Å². The van der Waals surface area contributed by atoms with Crippen molar-refractivity contribution in [3.63, 3.8) is 0 Å². The molecule has 1 aromatic carbocycles. The molecule has 1 aromatic rings. The van der Waals surface area contributed by atoms with Crippen LogP contribution in [0.15, 0.2) is 30.3 Å². The van der Waals surface area contributed by atoms with Crippen molar-refractivity contribution in [3.8, 4) is 0 Å². The highest BCUT2D eigenvalue weighted by Crippen LogP contribution is 2.05. The minimum Gasteiger partial charge on any atom is -0.539 e. The second-order valence-electron chi connectivity index (χ2n) is 4.53. The molecule has 0 fully saturated rings. The van der Waals surface area contributed by atoms with Crippen LogP contribution in [0.2, 0.25) is 0 Å². The molecule has 17 heavy (non-hydrogen) atoms. The number of benzene rings is 1. The second kappa shape index (κ2) is 6.65. The predicted molar refractivity (Wildman–Crippen MR) is 60.8 cm³/mol. The molecule has 0 saturated heterocycles. The van der Waals surface area contributed by atoms with Gasteiger partial charge in [-0.05, 0) is 0 Å². The number of hydrogen-bond donors (Lipinski definition) is 1. The molecule has 0 spiro atoms. The fourth-order valence-electron chi connectivity index (χ4n) is 1.13. The van der Waals surface area contributed by atoms with E-state index in [1.165, 1.54) is 5.56 Å². The zero-order valence-corrected chi connectivity index (χ0v) is 10.2. The molecule has 0 aliphatic carbocycles. The van der Waals surface area contributed by atoms with Crippen LogP contribution in [0.3, 0.4) is 0 Å². The van der Waals surface area contributed by atoms with Crippen molar-refractivity contribution in [1.29, 1.82) is 0 Å². The summed E-state index contributed by atoms with van der Waals surface area (Å²) in [6.07, 6.45) is 0. The Balaban J connectivity index is 0.000000366. The predicted octanol–water partition coefficient (Wildman–Crippen LogP) is -0.286. The third-order valence-electron chi connectivity index (χ3n) is 1.67. The third kappa shape index (κ3) is 9.07. The van der Waals surface area contributed by atoms with E-state index in [-0.39, 0.29) is 0 Å². The first-order valence-corrected chi connectivity index (χ1v) is 5.01. The van der Waals surface area contributed by atoms with E-state index >= 15 is 0 Å². The van der Waals surface area contributed by atoms with Gasteiger partial charge in [-0.15, -0.1) is 0 Å². The number of carboxylic acid groups (broad SMARTS) is 2. The summed E-state index contributed by atoms with van der Waals surface area (Å²) in [7, 11) is 6.60. The van der Waals surface area contributed by atoms with Gasteiger partial charge in [0.1, 0.15) is 6.54 Å². The Hall–Kier alpha value is -1.88. The Morgan fingerprint density at radius 1 is 1.18 bits per heavy atom. The van der Waals surface area contributed by atoms with E-state index in [4.69, 9.17) is 19.8 Å². The van der Waals surface area contributed by atoms with Gasteiger partial charge in [-0.3, -0.25) is 0 Å². The van der Waals surface area contributed by atoms with Gasteiger partial charge in [-0.1, -0.05) is 30.3 Å². The van der Waals surface area contributed by atoms with E-state index in [0.717, 1.165) is 11.0 Å². The molecule has 0 atom stereocenters. The fourth-order valence-corrected chi connectivity index (χ4v) is 1.13. The molecule has 0 bridgehead atoms. The first-order valence-electron chi connectivity index (χ1n) is 5.01. The van der Waals surface area contributed by atoms with Crippen LogP contribution in [0.1, 0.15) is 5.56 Å². The van der Waals surface area contributed by atoms with Gasteiger partial charge in [0.15, 0.2) is 5.97 Å². The number of aliphatic carboxylic acids is 2. The maximum Gasteiger partial charge on any atom is 0.351 e. The first kappa shape index (κ1) is 15.1. The van der Waals surface area contributed by atoms with Crippen LogP contribution in [-0.2, 0) is 16.1 Å². The summed E-state index contributed by atoms with van der Waals surface area (Å²) in [6, 6.07) is 10.6. The van der Waals surface area contributed by atoms with Crippen LogP contribution in [0.25, 0.3) is 0 Å². The average molecular weight is 239 g/mol. The van der Waals surface area contributed by atoms with Gasteiger partial charge >= 0.3 is 5.97 Å². The van der Waals surface area contributed by atoms with E-state index in [9.17, 15) is 0 Å². The zero-order valence-electron chi connectivity index (χ0n) is 10.2. The van der Waals surface area contributed by atoms with Crippen LogP contribution in [0.4, 0.5) is 0 Å². The van der Waals surface area contributed by atoms with Gasteiger partial charge in [0.05, 0.1) is 21.1 Å². The monoisotopic (exact) mass is 239 g/mol. The molecule has 94 valence electrons. The van der Waals surface area contributed by atoms with Crippen molar-refractivity contribution in [2.45, 2.75) is 6.54 Å². The number of hydrogen-bond acceptors (Lipinski definition) is 3. The lowest BCUT2D eigenvalue weighted by Gasteiger charge is -2.23. The minimum atomic E-state index is -2.07. The van der Waals surface area contributed by atoms with Crippen molar-refractivity contribution in [2.24, 2.45) is 0 Å². The lowest BCUT2D eigenvalue weighted by Crippen LogP contribution is -2.33. The lowest BCUT2D eigenvalue weighted by atomic mass is 10.2. The van der Waals surface area contributed by atoms with Crippen molar-refractivity contribution >= 4 is 11.9 Å². The zero-order chi connectivity index (χ0) is 13.5. The standard InChI is InChI=1S/C10H16N.C2H2O4/c1-11(2,3)9-10-7-5-4-6-8-10;3-1(4)2(5)6/h4-8H,9H2,1-3H3;(H,3,4)(H,5,6)/q+1;/p-1. The largest absolute Gasteiger partial charge is 0.539 e. The SMILES string of the molecule is C[N+](C)(C)Cc1ccccc1.O=C([O-])C(=O)O. The molecule has 0 radical (unpaired) electrons. The van der Waals surface area contributed by atoms with E-state index in [2.05, 4.69) is 51.5 Å². The summed E-state index contributed by atoms with van der Waals surface area (Å²) >= 11 is 0. The van der Waals surface area contributed by atoms with Crippen molar-refractivity contribution in [3.05, 3.63) is 35.9 Å². The average Bonchev–Trinajstić information content (AvgIpc) is 2.17. The van der Waals surface area contributed by atoms with Gasteiger partial charge in [-0.2, -0.15) is 0 Å². The molecule has 0 heterocycles. The lowest BCUT2D eigenvalue weighted by molar-refractivity contribution is -0.884. The van der Waals surface area contributed by atoms with Crippen LogP contribution >= 0.6 is 0 Å². The summed E-state index contributed by atoms with van der Waals surface area (Å²) in [5.74, 6) is -4.01. The second-order valence-corrected chi connectivity index (χ2v) is 4.53. The highest BCUT2D eigenvalue weighted by atomic mass is 16.4. The normalized spacial score (nSPS) is 10.1. The van der Waals surface area contributed by atoms with Crippen molar-refractivity contribution in [1.82, 2.24) is 0 Å². The third-order valence-corrected chi connectivity index (χ3v) is 1.67. The molecule has 5 nitrogen and oxygen atoms in total. The summed E-state index contributed by atoms with van der Waals surface area (Å²) in [5.41, 5.74) is 1.40. The number of carbonyl (C=O) groups is 2. The Bertz CT molecular complexity index is 356. The number of nitrogens with zero attached hydrogens (tertiary/aromatic N) is 1. The fraction of sp³-hybridized carbons (Fsp3) is 0.333. The van der Waals surface area contributed by atoms with Gasteiger partial charge in [0.2, 0.25) is 0 Å². The molecule has 0 saturated carbocycles. The van der Waals surface area contributed by atoms with E-state index < -0.39 is 11.9 Å². The molecule has 1 N–H and O–H groups in total. The number of rotatable bonds is 2. The number of carboxylic acids is 2. The first-order chi connectivity index (χ1) is 7.72. The van der Waals surface area contributed by atoms with Gasteiger partial charge in [0.25, 0.3) is 0 Å². The van der Waals surface area contributed by atoms with E-state index in [1.54, 1.807) is 0 Å². The van der Waals surface area contributed by atoms with Crippen LogP contribution in [0, 0.1) is 0 Å². The summed E-state index contributed by atoms with van der Waals surface area (Å²) in [5, 5.41) is 16.3. The summed E-state index contributed by atoms with van der Waals surface area (Å²) in [4.78, 5) is 18.0. The van der Waals surface area contributed by atoms with Crippen molar-refractivity contribution in [2.75, 3.05) is 21.1 Å². The number of carbonyl (C=O) groups excluding carboxylic acids is 1. The molecule has 0 amide bonds. The Kier molecular flexibility index (Phi) is 5.91. The quantitative estimate of drug-likeness (QED) is 0.568. The maximum atomic E-state index is 9.04. The molecular formula is C12H17NO4. The van der Waals surface area contributed by atoms with Gasteiger partial charge in [0, 0.05) is 5.56 Å². The van der Waals surface area contributed by atoms with Crippen LogP contribution in [-0.4, -0.2) is 42.7 Å². The van der Waals surface area contributed by atoms with Crippen LogP contribution < -0.4 is 5.11 Å². The highest BCUT2D eigenvalue weighted by molar-refractivity contribution is 6.26. The maximum absolute atomic E-state index is 9.04. The van der Waals surface area contributed by atoms with E-state index in [1.807, 2.05) is 0 Å². The molecule has 5 heteroatoms. The summed E-state index contributed by atoms with van der Waals surface area (Å²) < 4.78 is 0.990. The molecule has 0 unspecified atom stereocenters. The molecule has 0 aromatic heterocycles. The van der Waals surface area contributed by atoms with Crippen molar-refractivity contribution < 1.29 is 24.3 Å². The molecule has 0 aliphatic heterocycles. The summed E-state index contributed by atoms with van der Waals surface area (Å²) in [6.45, 7) is 1.10. The van der Waals surface area contributed by atoms with E-state index in [0.29, 0.717) is 0 Å².